The Hall–Kier alpha value is -2.92. The Kier molecular flexibility index (Phi) is 4.49. The normalized spacial score (nSPS) is 10.8. The molecule has 23 heavy (non-hydrogen) atoms. The van der Waals surface area contributed by atoms with E-state index in [1.165, 1.54) is 17.4 Å². The maximum Gasteiger partial charge on any atom is 0.248 e. The summed E-state index contributed by atoms with van der Waals surface area (Å²) in [6.45, 7) is 0. The van der Waals surface area contributed by atoms with Crippen molar-refractivity contribution < 1.29 is 4.79 Å². The van der Waals surface area contributed by atoms with Crippen molar-refractivity contribution in [3.8, 4) is 11.3 Å². The van der Waals surface area contributed by atoms with Crippen molar-refractivity contribution >= 4 is 34.1 Å². The summed E-state index contributed by atoms with van der Waals surface area (Å²) in [5.41, 5.74) is 9.09. The second kappa shape index (κ2) is 6.89. The number of amides is 1. The van der Waals surface area contributed by atoms with E-state index in [9.17, 15) is 4.79 Å². The molecular weight excluding hydrogens is 306 g/mol. The Bertz CT molecular complexity index is 840. The van der Waals surface area contributed by atoms with Gasteiger partial charge in [0.05, 0.1) is 5.69 Å². The van der Waals surface area contributed by atoms with Crippen molar-refractivity contribution in [2.24, 2.45) is 0 Å². The minimum absolute atomic E-state index is 0.177. The summed E-state index contributed by atoms with van der Waals surface area (Å²) in [5, 5.41) is 5.27. The van der Waals surface area contributed by atoms with Gasteiger partial charge in [-0.15, -0.1) is 11.3 Å². The van der Waals surface area contributed by atoms with Crippen molar-refractivity contribution in [3.05, 3.63) is 71.6 Å². The third-order valence-corrected chi connectivity index (χ3v) is 3.85. The number of nitrogens with one attached hydrogen (secondary N) is 1. The highest BCUT2D eigenvalue weighted by Crippen LogP contribution is 2.25. The van der Waals surface area contributed by atoms with Crippen LogP contribution in [0.15, 0.2) is 66.1 Å². The van der Waals surface area contributed by atoms with E-state index in [1.807, 2.05) is 60.0 Å². The van der Waals surface area contributed by atoms with E-state index >= 15 is 0 Å². The van der Waals surface area contributed by atoms with Crippen LogP contribution >= 0.6 is 11.3 Å². The van der Waals surface area contributed by atoms with E-state index in [2.05, 4.69) is 10.3 Å². The second-order valence-electron chi connectivity index (χ2n) is 4.89. The summed E-state index contributed by atoms with van der Waals surface area (Å²) < 4.78 is 0. The third kappa shape index (κ3) is 4.05. The average Bonchev–Trinajstić information content (AvgIpc) is 3.01. The molecule has 3 N–H and O–H groups in total. The first-order valence-electron chi connectivity index (χ1n) is 7.06. The SMILES string of the molecule is Nc1nc(-c2cccc(NC(=O)/C=C/c3ccccc3)c2)cs1. The summed E-state index contributed by atoms with van der Waals surface area (Å²) in [6, 6.07) is 17.2. The number of carbonyl (C=O) groups is 1. The largest absolute Gasteiger partial charge is 0.375 e. The molecule has 0 aliphatic heterocycles. The van der Waals surface area contributed by atoms with Crippen LogP contribution in [-0.4, -0.2) is 10.9 Å². The molecule has 1 heterocycles. The van der Waals surface area contributed by atoms with E-state index < -0.39 is 0 Å². The zero-order valence-electron chi connectivity index (χ0n) is 12.3. The van der Waals surface area contributed by atoms with Crippen LogP contribution in [0, 0.1) is 0 Å². The fourth-order valence-electron chi connectivity index (χ4n) is 2.10. The molecule has 0 aliphatic carbocycles. The smallest absolute Gasteiger partial charge is 0.248 e. The van der Waals surface area contributed by atoms with Gasteiger partial charge in [-0.2, -0.15) is 0 Å². The molecule has 0 fully saturated rings. The molecule has 2 aromatic carbocycles. The van der Waals surface area contributed by atoms with Crippen molar-refractivity contribution in [2.75, 3.05) is 11.1 Å². The molecule has 0 spiro atoms. The zero-order chi connectivity index (χ0) is 16.1. The average molecular weight is 321 g/mol. The number of nitrogens with two attached hydrogens (primary N) is 1. The van der Waals surface area contributed by atoms with Gasteiger partial charge in [0.1, 0.15) is 0 Å². The van der Waals surface area contributed by atoms with Gasteiger partial charge in [0.2, 0.25) is 5.91 Å². The second-order valence-corrected chi connectivity index (χ2v) is 5.77. The van der Waals surface area contributed by atoms with E-state index in [4.69, 9.17) is 5.73 Å². The lowest BCUT2D eigenvalue weighted by Gasteiger charge is -2.04. The highest BCUT2D eigenvalue weighted by molar-refractivity contribution is 7.13. The number of rotatable bonds is 4. The van der Waals surface area contributed by atoms with Crippen molar-refractivity contribution in [3.63, 3.8) is 0 Å². The lowest BCUT2D eigenvalue weighted by Crippen LogP contribution is -2.07. The number of carbonyl (C=O) groups excluding carboxylic acids is 1. The van der Waals surface area contributed by atoms with Gasteiger partial charge in [-0.3, -0.25) is 4.79 Å². The van der Waals surface area contributed by atoms with Crippen molar-refractivity contribution in [1.29, 1.82) is 0 Å². The van der Waals surface area contributed by atoms with Gasteiger partial charge in [-0.05, 0) is 23.8 Å². The predicted molar refractivity (Wildman–Crippen MR) is 96.1 cm³/mol. The molecule has 0 unspecified atom stereocenters. The standard InChI is InChI=1S/C18H15N3OS/c19-18-21-16(12-23-18)14-7-4-8-15(11-14)20-17(22)10-9-13-5-2-1-3-6-13/h1-12H,(H2,19,21)(H,20,22)/b10-9+. The molecule has 3 aromatic rings. The summed E-state index contributed by atoms with van der Waals surface area (Å²) in [7, 11) is 0. The van der Waals surface area contributed by atoms with Crippen LogP contribution in [0.5, 0.6) is 0 Å². The highest BCUT2D eigenvalue weighted by atomic mass is 32.1. The number of aromatic nitrogens is 1. The monoisotopic (exact) mass is 321 g/mol. The number of hydrogen-bond acceptors (Lipinski definition) is 4. The lowest BCUT2D eigenvalue weighted by atomic mass is 10.1. The molecule has 0 saturated carbocycles. The molecule has 3 rings (SSSR count). The van der Waals surface area contributed by atoms with E-state index in [0.717, 1.165) is 22.5 Å². The Morgan fingerprint density at radius 2 is 1.96 bits per heavy atom. The predicted octanol–water partition coefficient (Wildman–Crippen LogP) is 4.04. The van der Waals surface area contributed by atoms with Crippen LogP contribution < -0.4 is 11.1 Å². The van der Waals surface area contributed by atoms with Crippen molar-refractivity contribution in [2.45, 2.75) is 0 Å². The molecule has 5 heteroatoms. The quantitative estimate of drug-likeness (QED) is 0.713. The molecule has 4 nitrogen and oxygen atoms in total. The maximum absolute atomic E-state index is 12.0. The van der Waals surface area contributed by atoms with Crippen LogP contribution in [0.4, 0.5) is 10.8 Å². The van der Waals surface area contributed by atoms with Gasteiger partial charge in [-0.25, -0.2) is 4.98 Å². The van der Waals surface area contributed by atoms with Crippen molar-refractivity contribution in [1.82, 2.24) is 4.98 Å². The van der Waals surface area contributed by atoms with Crippen LogP contribution in [0.3, 0.4) is 0 Å². The minimum atomic E-state index is -0.177. The maximum atomic E-state index is 12.0. The highest BCUT2D eigenvalue weighted by Gasteiger charge is 2.04. The first kappa shape index (κ1) is 15.0. The topological polar surface area (TPSA) is 68.0 Å². The summed E-state index contributed by atoms with van der Waals surface area (Å²) in [4.78, 5) is 16.3. The Morgan fingerprint density at radius 1 is 1.13 bits per heavy atom. The molecule has 0 saturated heterocycles. The molecule has 114 valence electrons. The van der Waals surface area contributed by atoms with Crippen LogP contribution in [0.2, 0.25) is 0 Å². The molecule has 1 amide bonds. The van der Waals surface area contributed by atoms with E-state index in [1.54, 1.807) is 6.08 Å². The lowest BCUT2D eigenvalue weighted by molar-refractivity contribution is -0.111. The zero-order valence-corrected chi connectivity index (χ0v) is 13.1. The van der Waals surface area contributed by atoms with Crippen LogP contribution in [0.1, 0.15) is 5.56 Å². The number of nitrogen functional groups attached to an aromatic ring is 1. The third-order valence-electron chi connectivity index (χ3n) is 3.17. The fraction of sp³-hybridized carbons (Fsp3) is 0. The first-order chi connectivity index (χ1) is 11.2. The number of nitrogens with zero attached hydrogens (tertiary/aromatic N) is 1. The molecule has 0 aliphatic rings. The van der Waals surface area contributed by atoms with Crippen LogP contribution in [0.25, 0.3) is 17.3 Å². The van der Waals surface area contributed by atoms with Crippen LogP contribution in [-0.2, 0) is 4.79 Å². The number of benzene rings is 2. The molecule has 1 aromatic heterocycles. The Balaban J connectivity index is 1.70. The molecular formula is C18H15N3OS. The van der Waals surface area contributed by atoms with Gasteiger partial charge in [-0.1, -0.05) is 42.5 Å². The Morgan fingerprint density at radius 3 is 2.70 bits per heavy atom. The summed E-state index contributed by atoms with van der Waals surface area (Å²) in [5.74, 6) is -0.177. The van der Waals surface area contributed by atoms with E-state index in [-0.39, 0.29) is 5.91 Å². The fourth-order valence-corrected chi connectivity index (χ4v) is 2.67. The summed E-state index contributed by atoms with van der Waals surface area (Å²) in [6.07, 6.45) is 3.29. The Labute approximate surface area is 138 Å². The van der Waals surface area contributed by atoms with Gasteiger partial charge in [0, 0.05) is 22.7 Å². The van der Waals surface area contributed by atoms with Gasteiger partial charge < -0.3 is 11.1 Å². The summed E-state index contributed by atoms with van der Waals surface area (Å²) >= 11 is 1.39. The van der Waals surface area contributed by atoms with E-state index in [0.29, 0.717) is 5.13 Å². The number of anilines is 2. The van der Waals surface area contributed by atoms with Gasteiger partial charge in [0.25, 0.3) is 0 Å². The minimum Gasteiger partial charge on any atom is -0.375 e. The number of thiazole rings is 1. The van der Waals surface area contributed by atoms with Gasteiger partial charge >= 0.3 is 0 Å². The molecule has 0 atom stereocenters. The molecule has 0 bridgehead atoms. The van der Waals surface area contributed by atoms with Gasteiger partial charge in [0.15, 0.2) is 5.13 Å². The molecule has 0 radical (unpaired) electrons. The first-order valence-corrected chi connectivity index (χ1v) is 7.94. The number of hydrogen-bond donors (Lipinski definition) is 2.